The van der Waals surface area contributed by atoms with Crippen LogP contribution in [0.5, 0.6) is 0 Å². The van der Waals surface area contributed by atoms with Gasteiger partial charge < -0.3 is 5.11 Å². The zero-order valence-corrected chi connectivity index (χ0v) is 8.42. The molecule has 0 aromatic heterocycles. The number of hydrogen-bond acceptors (Lipinski definition) is 3. The summed E-state index contributed by atoms with van der Waals surface area (Å²) in [5, 5.41) is 9.03. The Hall–Kier alpha value is -0.0900. The lowest BCUT2D eigenvalue weighted by atomic mass is 10.3. The van der Waals surface area contributed by atoms with E-state index in [1.807, 2.05) is 0 Å². The van der Waals surface area contributed by atoms with Gasteiger partial charge in [0.1, 0.15) is 0 Å². The molecule has 4 heteroatoms. The Morgan fingerprint density at radius 3 is 2.58 bits per heavy atom. The number of aliphatic carboxylic acids is 1. The van der Waals surface area contributed by atoms with E-state index in [4.69, 9.17) is 5.11 Å². The summed E-state index contributed by atoms with van der Waals surface area (Å²) >= 11 is 3.07. The molecule has 1 aliphatic heterocycles. The van der Waals surface area contributed by atoms with Crippen molar-refractivity contribution in [1.29, 1.82) is 0 Å². The van der Waals surface area contributed by atoms with Crippen molar-refractivity contribution >= 4 is 29.5 Å². The smallest absolute Gasteiger partial charge is 0.330 e. The minimum absolute atomic E-state index is 0.553. The molecule has 12 heavy (non-hydrogen) atoms. The van der Waals surface area contributed by atoms with E-state index in [9.17, 15) is 4.79 Å². The molecule has 2 nitrogen and oxygen atoms in total. The van der Waals surface area contributed by atoms with Crippen molar-refractivity contribution in [2.45, 2.75) is 16.9 Å². The van der Waals surface area contributed by atoms with Gasteiger partial charge in [0, 0.05) is 0 Å². The SMILES string of the molecule is C=CCC1(C(=O)O)SCCCS1. The van der Waals surface area contributed by atoms with Crippen LogP contribution in [0.1, 0.15) is 12.8 Å². The second-order valence-electron chi connectivity index (χ2n) is 2.60. The zero-order chi connectivity index (χ0) is 9.03. The number of allylic oxidation sites excluding steroid dienone is 1. The maximum absolute atomic E-state index is 11.0. The molecule has 1 saturated heterocycles. The van der Waals surface area contributed by atoms with E-state index in [-0.39, 0.29) is 0 Å². The van der Waals surface area contributed by atoms with Gasteiger partial charge in [-0.2, -0.15) is 0 Å². The van der Waals surface area contributed by atoms with E-state index in [0.29, 0.717) is 6.42 Å². The normalized spacial score (nSPS) is 21.7. The Balaban J connectivity index is 2.69. The van der Waals surface area contributed by atoms with Crippen molar-refractivity contribution in [3.05, 3.63) is 12.7 Å². The van der Waals surface area contributed by atoms with E-state index in [0.717, 1.165) is 17.9 Å². The highest BCUT2D eigenvalue weighted by atomic mass is 32.2. The number of hydrogen-bond donors (Lipinski definition) is 1. The molecule has 1 N–H and O–H groups in total. The van der Waals surface area contributed by atoms with Crippen LogP contribution in [0.15, 0.2) is 12.7 Å². The van der Waals surface area contributed by atoms with Crippen LogP contribution in [-0.4, -0.2) is 26.7 Å². The lowest BCUT2D eigenvalue weighted by Gasteiger charge is -2.30. The summed E-state index contributed by atoms with van der Waals surface area (Å²) in [6.07, 6.45) is 3.36. The zero-order valence-electron chi connectivity index (χ0n) is 6.78. The van der Waals surface area contributed by atoms with Crippen LogP contribution < -0.4 is 0 Å². The van der Waals surface area contributed by atoms with Crippen molar-refractivity contribution in [1.82, 2.24) is 0 Å². The van der Waals surface area contributed by atoms with Crippen molar-refractivity contribution in [2.75, 3.05) is 11.5 Å². The first-order chi connectivity index (χ1) is 5.71. The monoisotopic (exact) mass is 204 g/mol. The summed E-state index contributed by atoms with van der Waals surface area (Å²) in [6.45, 7) is 3.59. The molecule has 0 bridgehead atoms. The van der Waals surface area contributed by atoms with Crippen molar-refractivity contribution in [3.8, 4) is 0 Å². The lowest BCUT2D eigenvalue weighted by molar-refractivity contribution is -0.137. The first-order valence-electron chi connectivity index (χ1n) is 3.83. The highest BCUT2D eigenvalue weighted by molar-refractivity contribution is 8.19. The van der Waals surface area contributed by atoms with Gasteiger partial charge in [-0.25, -0.2) is 4.79 Å². The summed E-state index contributed by atoms with van der Waals surface area (Å²) in [4.78, 5) is 11.0. The van der Waals surface area contributed by atoms with Gasteiger partial charge in [-0.3, -0.25) is 0 Å². The Morgan fingerprint density at radius 1 is 1.58 bits per heavy atom. The molecule has 1 aliphatic rings. The van der Waals surface area contributed by atoms with Gasteiger partial charge in [0.05, 0.1) is 0 Å². The van der Waals surface area contributed by atoms with Gasteiger partial charge in [0.25, 0.3) is 0 Å². The second kappa shape index (κ2) is 4.23. The summed E-state index contributed by atoms with van der Waals surface area (Å²) in [6, 6.07) is 0. The first kappa shape index (κ1) is 9.99. The molecule has 1 fully saturated rings. The van der Waals surface area contributed by atoms with E-state index in [1.165, 1.54) is 23.5 Å². The van der Waals surface area contributed by atoms with Crippen molar-refractivity contribution in [3.63, 3.8) is 0 Å². The Kier molecular flexibility index (Phi) is 3.53. The van der Waals surface area contributed by atoms with Crippen LogP contribution in [0.25, 0.3) is 0 Å². The summed E-state index contributed by atoms with van der Waals surface area (Å²) < 4.78 is -0.639. The molecule has 68 valence electrons. The molecule has 0 unspecified atom stereocenters. The largest absolute Gasteiger partial charge is 0.480 e. The molecule has 1 rings (SSSR count). The van der Waals surface area contributed by atoms with Crippen LogP contribution in [0.2, 0.25) is 0 Å². The van der Waals surface area contributed by atoms with Gasteiger partial charge in [-0.1, -0.05) is 6.08 Å². The molecular weight excluding hydrogens is 192 g/mol. The topological polar surface area (TPSA) is 37.3 Å². The Labute approximate surface area is 80.8 Å². The Bertz CT molecular complexity index is 185. The van der Waals surface area contributed by atoms with E-state index in [2.05, 4.69) is 6.58 Å². The average Bonchev–Trinajstić information content (AvgIpc) is 2.06. The molecule has 1 heterocycles. The summed E-state index contributed by atoms with van der Waals surface area (Å²) in [5.41, 5.74) is 0. The van der Waals surface area contributed by atoms with Gasteiger partial charge >= 0.3 is 5.97 Å². The van der Waals surface area contributed by atoms with Crippen molar-refractivity contribution in [2.24, 2.45) is 0 Å². The quantitative estimate of drug-likeness (QED) is 0.715. The average molecular weight is 204 g/mol. The van der Waals surface area contributed by atoms with Gasteiger partial charge in [-0.05, 0) is 24.3 Å². The molecule has 0 aliphatic carbocycles. The molecule has 0 spiro atoms. The minimum Gasteiger partial charge on any atom is -0.480 e. The molecule has 0 aromatic carbocycles. The molecule has 0 amide bonds. The highest BCUT2D eigenvalue weighted by Gasteiger charge is 2.40. The fraction of sp³-hybridized carbons (Fsp3) is 0.625. The van der Waals surface area contributed by atoms with E-state index >= 15 is 0 Å². The maximum atomic E-state index is 11.0. The fourth-order valence-corrected chi connectivity index (χ4v) is 4.06. The van der Waals surface area contributed by atoms with Crippen LogP contribution in [0, 0.1) is 0 Å². The second-order valence-corrected chi connectivity index (χ2v) is 5.65. The van der Waals surface area contributed by atoms with E-state index < -0.39 is 10.0 Å². The number of carboxylic acid groups (broad SMARTS) is 1. The first-order valence-corrected chi connectivity index (χ1v) is 5.80. The van der Waals surface area contributed by atoms with Crippen LogP contribution in [0.3, 0.4) is 0 Å². The molecule has 0 aromatic rings. The maximum Gasteiger partial charge on any atom is 0.330 e. The number of carboxylic acids is 1. The highest BCUT2D eigenvalue weighted by Crippen LogP contribution is 2.45. The molecular formula is C8H12O2S2. The molecule has 0 radical (unpaired) electrons. The van der Waals surface area contributed by atoms with Gasteiger partial charge in [0.15, 0.2) is 4.08 Å². The minimum atomic E-state index is -0.711. The predicted octanol–water partition coefficient (Wildman–Crippen LogP) is 2.21. The third kappa shape index (κ3) is 1.98. The van der Waals surface area contributed by atoms with Gasteiger partial charge in [-0.15, -0.1) is 30.1 Å². The third-order valence-electron chi connectivity index (χ3n) is 1.70. The van der Waals surface area contributed by atoms with Crippen LogP contribution in [-0.2, 0) is 4.79 Å². The molecule has 0 atom stereocenters. The molecule has 0 saturated carbocycles. The summed E-state index contributed by atoms with van der Waals surface area (Å²) in [7, 11) is 0. The van der Waals surface area contributed by atoms with Gasteiger partial charge in [0.2, 0.25) is 0 Å². The third-order valence-corrected chi connectivity index (χ3v) is 5.01. The standard InChI is InChI=1S/C8H12O2S2/c1-2-4-8(7(9)10)11-5-3-6-12-8/h2H,1,3-6H2,(H,9,10). The Morgan fingerprint density at radius 2 is 2.17 bits per heavy atom. The predicted molar refractivity (Wildman–Crippen MR) is 54.7 cm³/mol. The lowest BCUT2D eigenvalue weighted by Crippen LogP contribution is -2.34. The van der Waals surface area contributed by atoms with E-state index in [1.54, 1.807) is 6.08 Å². The van der Waals surface area contributed by atoms with Crippen LogP contribution in [0.4, 0.5) is 0 Å². The van der Waals surface area contributed by atoms with Crippen molar-refractivity contribution < 1.29 is 9.90 Å². The fourth-order valence-electron chi connectivity index (χ4n) is 1.09. The van der Waals surface area contributed by atoms with Crippen LogP contribution >= 0.6 is 23.5 Å². The summed E-state index contributed by atoms with van der Waals surface area (Å²) in [5.74, 6) is 1.19. The number of carbonyl (C=O) groups is 1. The number of rotatable bonds is 3. The number of thioether (sulfide) groups is 2.